The van der Waals surface area contributed by atoms with E-state index in [1.807, 2.05) is 0 Å². The molecular weight excluding hydrogens is 406 g/mol. The van der Waals surface area contributed by atoms with Gasteiger partial charge in [-0.3, -0.25) is 4.79 Å². The number of rotatable bonds is 5. The number of carbonyl (C=O) groups is 1. The molecule has 2 heterocycles. The summed E-state index contributed by atoms with van der Waals surface area (Å²) in [6, 6.07) is 11.5. The molecule has 0 aliphatic rings. The molecule has 31 heavy (non-hydrogen) atoms. The number of carbonyl (C=O) groups excluding carboxylic acids is 1. The number of amides is 1. The molecule has 0 fully saturated rings. The Balaban J connectivity index is 1.98. The van der Waals surface area contributed by atoms with Crippen LogP contribution in [0, 0.1) is 11.6 Å². The summed E-state index contributed by atoms with van der Waals surface area (Å²) >= 11 is 0. The number of nitrogens with zero attached hydrogens (tertiary/aromatic N) is 4. The van der Waals surface area contributed by atoms with Crippen LogP contribution in [0.15, 0.2) is 65.6 Å². The van der Waals surface area contributed by atoms with Crippen molar-refractivity contribution in [2.45, 2.75) is 6.92 Å². The van der Waals surface area contributed by atoms with Crippen LogP contribution in [0.2, 0.25) is 0 Å². The average molecular weight is 422 g/mol. The van der Waals surface area contributed by atoms with E-state index < -0.39 is 17.5 Å². The van der Waals surface area contributed by atoms with E-state index in [0.717, 1.165) is 4.90 Å². The summed E-state index contributed by atoms with van der Waals surface area (Å²) in [7, 11) is 1.42. The van der Waals surface area contributed by atoms with Crippen LogP contribution in [0.1, 0.15) is 6.92 Å². The van der Waals surface area contributed by atoms with Gasteiger partial charge in [0.1, 0.15) is 29.4 Å². The Kier molecular flexibility index (Phi) is 5.40. The molecule has 156 valence electrons. The van der Waals surface area contributed by atoms with Gasteiger partial charge in [-0.25, -0.2) is 23.6 Å². The van der Waals surface area contributed by atoms with Crippen molar-refractivity contribution >= 4 is 17.5 Å². The third kappa shape index (κ3) is 3.73. The van der Waals surface area contributed by atoms with E-state index >= 15 is 0 Å². The molecule has 9 heteroatoms. The maximum absolute atomic E-state index is 14.8. The van der Waals surface area contributed by atoms with Crippen molar-refractivity contribution in [2.75, 3.05) is 12.0 Å². The SMILES string of the molecule is COc1ccc(-c2noc(N(C(C)=O)c3ccccc3F)c2-c2ccncn2)c(F)c1. The fraction of sp³-hybridized carbons (Fsp3) is 0.0909. The van der Waals surface area contributed by atoms with Crippen LogP contribution in [0.3, 0.4) is 0 Å². The average Bonchev–Trinajstić information content (AvgIpc) is 3.19. The fourth-order valence-corrected chi connectivity index (χ4v) is 3.16. The quantitative estimate of drug-likeness (QED) is 0.461. The molecule has 0 radical (unpaired) electrons. The minimum atomic E-state index is -0.639. The van der Waals surface area contributed by atoms with E-state index in [9.17, 15) is 13.6 Å². The Morgan fingerprint density at radius 1 is 1.10 bits per heavy atom. The Hall–Kier alpha value is -4.14. The van der Waals surface area contributed by atoms with Gasteiger partial charge >= 0.3 is 0 Å². The minimum absolute atomic E-state index is 0.0387. The molecule has 4 aromatic rings. The van der Waals surface area contributed by atoms with Crippen molar-refractivity contribution in [2.24, 2.45) is 0 Å². The fourth-order valence-electron chi connectivity index (χ4n) is 3.16. The molecule has 0 N–H and O–H groups in total. The molecule has 0 bridgehead atoms. The van der Waals surface area contributed by atoms with Crippen LogP contribution >= 0.6 is 0 Å². The number of hydrogen-bond acceptors (Lipinski definition) is 6. The summed E-state index contributed by atoms with van der Waals surface area (Å²) in [5.74, 6) is -1.56. The van der Waals surface area contributed by atoms with Gasteiger partial charge in [-0.05, 0) is 30.3 Å². The molecule has 0 spiro atoms. The number of methoxy groups -OCH3 is 1. The summed E-state index contributed by atoms with van der Waals surface area (Å²) in [5, 5.41) is 4.01. The van der Waals surface area contributed by atoms with Crippen LogP contribution in [-0.2, 0) is 4.79 Å². The first kappa shape index (κ1) is 20.1. The molecule has 0 saturated carbocycles. The molecule has 0 saturated heterocycles. The van der Waals surface area contributed by atoms with Crippen molar-refractivity contribution in [1.29, 1.82) is 0 Å². The second-order valence-electron chi connectivity index (χ2n) is 6.46. The molecule has 0 aliphatic heterocycles. The topological polar surface area (TPSA) is 81.4 Å². The van der Waals surface area contributed by atoms with E-state index in [1.165, 1.54) is 56.9 Å². The second kappa shape index (κ2) is 8.31. The number of para-hydroxylation sites is 1. The van der Waals surface area contributed by atoms with Gasteiger partial charge in [0.2, 0.25) is 11.8 Å². The van der Waals surface area contributed by atoms with E-state index in [2.05, 4.69) is 15.1 Å². The summed E-state index contributed by atoms with van der Waals surface area (Å²) in [6.45, 7) is 1.26. The number of halogens is 2. The lowest BCUT2D eigenvalue weighted by Crippen LogP contribution is -2.24. The van der Waals surface area contributed by atoms with Gasteiger partial charge in [0, 0.05) is 24.8 Å². The van der Waals surface area contributed by atoms with Crippen LogP contribution in [0.25, 0.3) is 22.5 Å². The Morgan fingerprint density at radius 2 is 1.90 bits per heavy atom. The monoisotopic (exact) mass is 422 g/mol. The second-order valence-corrected chi connectivity index (χ2v) is 6.46. The molecule has 2 aromatic carbocycles. The normalized spacial score (nSPS) is 10.7. The predicted octanol–water partition coefficient (Wildman–Crippen LogP) is 4.77. The number of benzene rings is 2. The Bertz CT molecular complexity index is 1240. The van der Waals surface area contributed by atoms with Gasteiger partial charge in [0.25, 0.3) is 0 Å². The van der Waals surface area contributed by atoms with E-state index in [-0.39, 0.29) is 28.4 Å². The van der Waals surface area contributed by atoms with Gasteiger partial charge in [-0.2, -0.15) is 0 Å². The smallest absolute Gasteiger partial charge is 0.248 e. The minimum Gasteiger partial charge on any atom is -0.497 e. The highest BCUT2D eigenvalue weighted by atomic mass is 19.1. The standard InChI is InChI=1S/C22H16F2N4O3/c1-13(29)28(19-6-4-3-5-16(19)23)22-20(18-9-10-25-12-26-18)21(27-31-22)15-8-7-14(30-2)11-17(15)24/h3-12H,1-2H3. The lowest BCUT2D eigenvalue weighted by atomic mass is 10.0. The number of aromatic nitrogens is 3. The van der Waals surface area contributed by atoms with Gasteiger partial charge in [0.05, 0.1) is 24.1 Å². The zero-order valence-electron chi connectivity index (χ0n) is 16.5. The van der Waals surface area contributed by atoms with E-state index in [1.54, 1.807) is 18.2 Å². The van der Waals surface area contributed by atoms with E-state index in [4.69, 9.17) is 9.26 Å². The molecule has 2 aromatic heterocycles. The van der Waals surface area contributed by atoms with Gasteiger partial charge in [-0.15, -0.1) is 0 Å². The number of hydrogen-bond donors (Lipinski definition) is 0. The third-order valence-corrected chi connectivity index (χ3v) is 4.55. The highest BCUT2D eigenvalue weighted by molar-refractivity contribution is 6.03. The van der Waals surface area contributed by atoms with Crippen LogP contribution in [0.4, 0.5) is 20.4 Å². The van der Waals surface area contributed by atoms with Crippen molar-refractivity contribution in [3.63, 3.8) is 0 Å². The highest BCUT2D eigenvalue weighted by Gasteiger charge is 2.30. The Morgan fingerprint density at radius 3 is 2.55 bits per heavy atom. The number of ether oxygens (including phenoxy) is 1. The first-order chi connectivity index (χ1) is 15.0. The zero-order valence-corrected chi connectivity index (χ0v) is 16.5. The largest absolute Gasteiger partial charge is 0.497 e. The third-order valence-electron chi connectivity index (χ3n) is 4.55. The maximum atomic E-state index is 14.8. The van der Waals surface area contributed by atoms with Crippen molar-refractivity contribution in [1.82, 2.24) is 15.1 Å². The highest BCUT2D eigenvalue weighted by Crippen LogP contribution is 2.42. The molecule has 7 nitrogen and oxygen atoms in total. The van der Waals surface area contributed by atoms with Gasteiger partial charge < -0.3 is 9.26 Å². The molecule has 1 amide bonds. The van der Waals surface area contributed by atoms with Gasteiger partial charge in [-0.1, -0.05) is 17.3 Å². The molecular formula is C22H16F2N4O3. The summed E-state index contributed by atoms with van der Waals surface area (Å²) < 4.78 is 39.9. The summed E-state index contributed by atoms with van der Waals surface area (Å²) in [6.07, 6.45) is 2.77. The molecule has 4 rings (SSSR count). The lowest BCUT2D eigenvalue weighted by molar-refractivity contribution is -0.116. The maximum Gasteiger partial charge on any atom is 0.248 e. The summed E-state index contributed by atoms with van der Waals surface area (Å²) in [4.78, 5) is 21.6. The first-order valence-corrected chi connectivity index (χ1v) is 9.16. The Labute approximate surface area is 175 Å². The van der Waals surface area contributed by atoms with Crippen LogP contribution in [-0.4, -0.2) is 28.1 Å². The van der Waals surface area contributed by atoms with Crippen molar-refractivity contribution in [3.8, 4) is 28.3 Å². The summed E-state index contributed by atoms with van der Waals surface area (Å²) in [5.41, 5.74) is 0.685. The van der Waals surface area contributed by atoms with Gasteiger partial charge in [0.15, 0.2) is 0 Å². The molecule has 0 aliphatic carbocycles. The predicted molar refractivity (Wildman–Crippen MR) is 109 cm³/mol. The van der Waals surface area contributed by atoms with Crippen LogP contribution < -0.4 is 9.64 Å². The molecule has 0 unspecified atom stereocenters. The zero-order chi connectivity index (χ0) is 22.0. The molecule has 0 atom stereocenters. The van der Waals surface area contributed by atoms with Crippen LogP contribution in [0.5, 0.6) is 5.75 Å². The van der Waals surface area contributed by atoms with Crippen molar-refractivity contribution in [3.05, 3.63) is 72.7 Å². The number of anilines is 2. The van der Waals surface area contributed by atoms with Crippen molar-refractivity contribution < 1.29 is 22.8 Å². The lowest BCUT2D eigenvalue weighted by Gasteiger charge is -2.19. The first-order valence-electron chi connectivity index (χ1n) is 9.16. The van der Waals surface area contributed by atoms with E-state index in [0.29, 0.717) is 11.4 Å².